The van der Waals surface area contributed by atoms with Crippen LogP contribution >= 0.6 is 23.2 Å². The second-order valence-corrected chi connectivity index (χ2v) is 12.4. The van der Waals surface area contributed by atoms with E-state index in [2.05, 4.69) is 21.0 Å². The van der Waals surface area contributed by atoms with Gasteiger partial charge in [-0.25, -0.2) is 4.79 Å². The summed E-state index contributed by atoms with van der Waals surface area (Å²) in [6.07, 6.45) is 7.51. The van der Waals surface area contributed by atoms with Crippen molar-refractivity contribution in [2.24, 2.45) is 11.8 Å². The monoisotopic (exact) mass is 579 g/mol. The number of aromatic nitrogens is 1. The van der Waals surface area contributed by atoms with Crippen LogP contribution in [0.2, 0.25) is 10.0 Å². The number of rotatable bonds is 7. The van der Waals surface area contributed by atoms with Gasteiger partial charge in [0, 0.05) is 42.9 Å². The fraction of sp³-hybridized carbons (Fsp3) is 0.419. The van der Waals surface area contributed by atoms with Gasteiger partial charge in [-0.05, 0) is 79.8 Å². The smallest absolute Gasteiger partial charge is 0.335 e. The van der Waals surface area contributed by atoms with Gasteiger partial charge in [-0.3, -0.25) is 0 Å². The average molecular weight is 581 g/mol. The number of carboxylic acids is 1. The van der Waals surface area contributed by atoms with Crippen LogP contribution in [0, 0.1) is 11.8 Å². The van der Waals surface area contributed by atoms with Crippen molar-refractivity contribution in [3.63, 3.8) is 0 Å². The van der Waals surface area contributed by atoms with E-state index in [1.807, 2.05) is 31.3 Å². The maximum Gasteiger partial charge on any atom is 0.335 e. The molecule has 2 aliphatic carbocycles. The van der Waals surface area contributed by atoms with E-state index in [0.717, 1.165) is 67.8 Å². The largest absolute Gasteiger partial charge is 0.478 e. The Morgan fingerprint density at radius 3 is 2.52 bits per heavy atom. The zero-order chi connectivity index (χ0) is 27.5. The molecule has 4 aliphatic rings. The maximum absolute atomic E-state index is 11.5. The fourth-order valence-corrected chi connectivity index (χ4v) is 7.38. The highest BCUT2D eigenvalue weighted by Crippen LogP contribution is 2.47. The van der Waals surface area contributed by atoms with Gasteiger partial charge in [-0.2, -0.15) is 0 Å². The van der Waals surface area contributed by atoms with Gasteiger partial charge in [0.15, 0.2) is 0 Å². The zero-order valence-corrected chi connectivity index (χ0v) is 23.8. The lowest BCUT2D eigenvalue weighted by Crippen LogP contribution is -2.35. The van der Waals surface area contributed by atoms with Gasteiger partial charge in [0.1, 0.15) is 17.3 Å². The molecule has 0 radical (unpaired) electrons. The molecule has 2 aliphatic heterocycles. The number of benzene rings is 2. The summed E-state index contributed by atoms with van der Waals surface area (Å²) in [5.41, 5.74) is 4.83. The highest BCUT2D eigenvalue weighted by Gasteiger charge is 2.43. The molecule has 1 saturated heterocycles. The molecule has 0 bridgehead atoms. The minimum atomic E-state index is -0.897. The molecule has 0 spiro atoms. The summed E-state index contributed by atoms with van der Waals surface area (Å²) < 4.78 is 12.4. The first kappa shape index (κ1) is 25.9. The Bertz CT molecular complexity index is 1480. The van der Waals surface area contributed by atoms with Crippen LogP contribution in [0.4, 0.5) is 5.69 Å². The van der Waals surface area contributed by atoms with Gasteiger partial charge in [0.25, 0.3) is 0 Å². The van der Waals surface area contributed by atoms with E-state index in [-0.39, 0.29) is 6.10 Å². The second kappa shape index (κ2) is 10.1. The predicted octanol–water partition coefficient (Wildman–Crippen LogP) is 6.98. The van der Waals surface area contributed by atoms with Crippen LogP contribution in [0.25, 0.3) is 11.3 Å². The Hall–Kier alpha value is -3.00. The van der Waals surface area contributed by atoms with E-state index in [0.29, 0.717) is 51.2 Å². The zero-order valence-electron chi connectivity index (χ0n) is 22.3. The molecule has 40 heavy (non-hydrogen) atoms. The van der Waals surface area contributed by atoms with Gasteiger partial charge >= 0.3 is 5.97 Å². The SMILES string of the molecule is CN1C(N2C[C@H]3CC(OCc4c(-c5c(Cl)cccc5Cl)noc4C4CC4)C[C@H]3C2)=CCc2ccc(C(=O)O)cc21. The van der Waals surface area contributed by atoms with E-state index in [1.165, 1.54) is 5.82 Å². The molecule has 1 unspecified atom stereocenters. The Morgan fingerprint density at radius 2 is 1.85 bits per heavy atom. The van der Waals surface area contributed by atoms with Crippen molar-refractivity contribution < 1.29 is 19.2 Å². The molecule has 3 aromatic rings. The van der Waals surface area contributed by atoms with Crippen LogP contribution in [0.15, 0.2) is 52.8 Å². The van der Waals surface area contributed by atoms with Gasteiger partial charge in [0.2, 0.25) is 0 Å². The van der Waals surface area contributed by atoms with Crippen LogP contribution in [0.1, 0.15) is 58.8 Å². The summed E-state index contributed by atoms with van der Waals surface area (Å²) in [6.45, 7) is 2.40. The van der Waals surface area contributed by atoms with Crippen molar-refractivity contribution in [3.05, 3.63) is 80.8 Å². The number of aromatic carboxylic acids is 1. The molecule has 2 aromatic carbocycles. The number of allylic oxidation sites excluding steroid dienone is 1. The number of carbonyl (C=O) groups is 1. The molecular weight excluding hydrogens is 549 g/mol. The minimum Gasteiger partial charge on any atom is -0.478 e. The number of nitrogens with zero attached hydrogens (tertiary/aromatic N) is 3. The van der Waals surface area contributed by atoms with Gasteiger partial charge in [-0.1, -0.05) is 40.5 Å². The molecule has 3 fully saturated rings. The summed E-state index contributed by atoms with van der Waals surface area (Å²) in [5.74, 6) is 2.71. The average Bonchev–Trinajstić information content (AvgIpc) is 3.40. The van der Waals surface area contributed by atoms with Crippen molar-refractivity contribution in [2.75, 3.05) is 25.0 Å². The van der Waals surface area contributed by atoms with E-state index in [4.69, 9.17) is 32.5 Å². The fourth-order valence-electron chi connectivity index (χ4n) is 6.80. The van der Waals surface area contributed by atoms with Crippen LogP contribution in [-0.2, 0) is 17.8 Å². The number of ether oxygens (including phenoxy) is 1. The number of carboxylic acid groups (broad SMARTS) is 1. The van der Waals surface area contributed by atoms with E-state index in [9.17, 15) is 9.90 Å². The summed E-state index contributed by atoms with van der Waals surface area (Å²) in [5, 5.41) is 15.0. The Morgan fingerprint density at radius 1 is 1.12 bits per heavy atom. The lowest BCUT2D eigenvalue weighted by Gasteiger charge is -2.35. The van der Waals surface area contributed by atoms with Crippen molar-refractivity contribution in [1.82, 2.24) is 10.1 Å². The summed E-state index contributed by atoms with van der Waals surface area (Å²) in [7, 11) is 2.04. The van der Waals surface area contributed by atoms with E-state index in [1.54, 1.807) is 12.1 Å². The van der Waals surface area contributed by atoms with E-state index < -0.39 is 5.97 Å². The topological polar surface area (TPSA) is 79.0 Å². The van der Waals surface area contributed by atoms with Crippen LogP contribution < -0.4 is 4.90 Å². The molecule has 7 rings (SSSR count). The lowest BCUT2D eigenvalue weighted by atomic mass is 10.0. The normalized spacial score (nSPS) is 23.8. The lowest BCUT2D eigenvalue weighted by molar-refractivity contribution is 0.0377. The molecule has 9 heteroatoms. The van der Waals surface area contributed by atoms with Crippen LogP contribution in [0.3, 0.4) is 0 Å². The molecule has 208 valence electrons. The molecule has 0 amide bonds. The van der Waals surface area contributed by atoms with Crippen molar-refractivity contribution in [3.8, 4) is 11.3 Å². The molecular formula is C31H31Cl2N3O4. The van der Waals surface area contributed by atoms with Gasteiger partial charge in [0.05, 0.1) is 28.3 Å². The number of halogens is 2. The third kappa shape index (κ3) is 4.58. The highest BCUT2D eigenvalue weighted by molar-refractivity contribution is 6.39. The van der Waals surface area contributed by atoms with Crippen LogP contribution in [0.5, 0.6) is 0 Å². The van der Waals surface area contributed by atoms with Crippen molar-refractivity contribution in [1.29, 1.82) is 0 Å². The van der Waals surface area contributed by atoms with Crippen molar-refractivity contribution >= 4 is 34.9 Å². The third-order valence-corrected chi connectivity index (χ3v) is 9.63. The van der Waals surface area contributed by atoms with E-state index >= 15 is 0 Å². The maximum atomic E-state index is 11.5. The first-order valence-electron chi connectivity index (χ1n) is 14.0. The summed E-state index contributed by atoms with van der Waals surface area (Å²) in [4.78, 5) is 16.1. The summed E-state index contributed by atoms with van der Waals surface area (Å²) in [6, 6.07) is 10.9. The number of hydrogen-bond acceptors (Lipinski definition) is 6. The number of hydrogen-bond donors (Lipinski definition) is 1. The molecule has 1 aromatic heterocycles. The second-order valence-electron chi connectivity index (χ2n) is 11.5. The Kier molecular flexibility index (Phi) is 6.56. The molecule has 2 saturated carbocycles. The van der Waals surface area contributed by atoms with Crippen LogP contribution in [-0.4, -0.2) is 47.4 Å². The predicted molar refractivity (Wildman–Crippen MR) is 154 cm³/mol. The first-order chi connectivity index (χ1) is 19.4. The Labute approximate surface area is 243 Å². The first-order valence-corrected chi connectivity index (χ1v) is 14.7. The highest BCUT2D eigenvalue weighted by atomic mass is 35.5. The van der Waals surface area contributed by atoms with Crippen molar-refractivity contribution in [2.45, 2.75) is 50.7 Å². The third-order valence-electron chi connectivity index (χ3n) is 9.00. The number of likely N-dealkylation sites (tertiary alicyclic amines) is 1. The van der Waals surface area contributed by atoms with Gasteiger partial charge in [-0.15, -0.1) is 0 Å². The molecule has 1 N–H and O–H groups in total. The van der Waals surface area contributed by atoms with Gasteiger partial charge < -0.3 is 24.2 Å². The number of anilines is 1. The quantitative estimate of drug-likeness (QED) is 0.323. The molecule has 7 nitrogen and oxygen atoms in total. The Balaban J connectivity index is 1.02. The molecule has 3 atom stereocenters. The number of fused-ring (bicyclic) bond motifs is 2. The standard InChI is InChI=1S/C31H31Cl2N3O4/c1-35-26-13-19(31(37)38)8-5-17(26)9-10-27(35)36-14-20-11-22(12-21(20)15-36)39-16-23-29(34-40-30(23)18-6-7-18)28-24(32)3-2-4-25(28)33/h2-5,8,10,13,18,20-22H,6-7,9,11-12,14-16H2,1H3,(H,37,38)/t20-,21+,22?. The molecule has 3 heterocycles. The minimum absolute atomic E-state index is 0.186. The summed E-state index contributed by atoms with van der Waals surface area (Å²) >= 11 is 13.0.